The zero-order chi connectivity index (χ0) is 19.3. The average molecular weight is 381 g/mol. The molecule has 3 aromatic carbocycles. The van der Waals surface area contributed by atoms with Crippen molar-refractivity contribution in [1.82, 2.24) is 5.43 Å². The topological polar surface area (TPSA) is 41.6 Å². The van der Waals surface area contributed by atoms with Crippen molar-refractivity contribution in [3.63, 3.8) is 0 Å². The minimum atomic E-state index is -1.09. The van der Waals surface area contributed by atoms with Gasteiger partial charge in [-0.05, 0) is 62.4 Å². The number of hydrazine groups is 1. The Morgan fingerprint density at radius 3 is 1.81 bits per heavy atom. The fraction of sp³-hybridized carbons (Fsp3) is 0.136. The zero-order valence-corrected chi connectivity index (χ0v) is 16.0. The van der Waals surface area contributed by atoms with Gasteiger partial charge in [0.15, 0.2) is 5.60 Å². The lowest BCUT2D eigenvalue weighted by atomic mass is 10.1. The summed E-state index contributed by atoms with van der Waals surface area (Å²) in [6.45, 7) is 3.45. The zero-order valence-electron chi connectivity index (χ0n) is 15.2. The summed E-state index contributed by atoms with van der Waals surface area (Å²) in [7, 11) is 0. The molecule has 0 unspecified atom stereocenters. The fourth-order valence-corrected chi connectivity index (χ4v) is 2.64. The van der Waals surface area contributed by atoms with Crippen LogP contribution in [0.1, 0.15) is 13.8 Å². The van der Waals surface area contributed by atoms with Crippen LogP contribution in [0.5, 0.6) is 5.75 Å². The number of anilines is 2. The number of nitrogens with one attached hydrogen (secondary N) is 1. The van der Waals surface area contributed by atoms with E-state index in [9.17, 15) is 4.79 Å². The van der Waals surface area contributed by atoms with Gasteiger partial charge in [-0.1, -0.05) is 48.0 Å². The van der Waals surface area contributed by atoms with E-state index in [1.54, 1.807) is 43.1 Å². The number of ether oxygens (including phenoxy) is 1. The van der Waals surface area contributed by atoms with Crippen molar-refractivity contribution in [1.29, 1.82) is 0 Å². The predicted molar refractivity (Wildman–Crippen MR) is 109 cm³/mol. The molecule has 0 heterocycles. The number of hydrogen-bond acceptors (Lipinski definition) is 3. The van der Waals surface area contributed by atoms with Crippen molar-refractivity contribution in [2.45, 2.75) is 19.4 Å². The number of carbonyl (C=O) groups is 1. The van der Waals surface area contributed by atoms with Gasteiger partial charge in [-0.25, -0.2) is 0 Å². The van der Waals surface area contributed by atoms with Crippen molar-refractivity contribution < 1.29 is 9.53 Å². The minimum absolute atomic E-state index is 0.273. The van der Waals surface area contributed by atoms with Crippen LogP contribution in [0.2, 0.25) is 5.02 Å². The molecular formula is C22H21ClN2O2. The first-order valence-corrected chi connectivity index (χ1v) is 8.99. The smallest absolute Gasteiger partial charge is 0.282 e. The highest BCUT2D eigenvalue weighted by molar-refractivity contribution is 6.30. The Morgan fingerprint density at radius 1 is 0.852 bits per heavy atom. The number of rotatable bonds is 6. The fourth-order valence-electron chi connectivity index (χ4n) is 2.51. The van der Waals surface area contributed by atoms with Crippen LogP contribution < -0.4 is 15.2 Å². The summed E-state index contributed by atoms with van der Waals surface area (Å²) in [4.78, 5) is 13.0. The van der Waals surface area contributed by atoms with Gasteiger partial charge in [-0.2, -0.15) is 0 Å². The summed E-state index contributed by atoms with van der Waals surface area (Å²) in [6.07, 6.45) is 0. The summed E-state index contributed by atoms with van der Waals surface area (Å²) >= 11 is 5.91. The van der Waals surface area contributed by atoms with Crippen molar-refractivity contribution in [3.05, 3.63) is 90.0 Å². The summed E-state index contributed by atoms with van der Waals surface area (Å²) in [5.41, 5.74) is 3.57. The van der Waals surface area contributed by atoms with E-state index in [4.69, 9.17) is 16.3 Å². The second kappa shape index (κ2) is 8.14. The molecule has 0 fully saturated rings. The number of para-hydroxylation sites is 2. The number of nitrogens with zero attached hydrogens (tertiary/aromatic N) is 1. The number of hydrogen-bond donors (Lipinski definition) is 1. The van der Waals surface area contributed by atoms with Gasteiger partial charge < -0.3 is 4.74 Å². The number of carbonyl (C=O) groups excluding carboxylic acids is 1. The first kappa shape index (κ1) is 18.8. The third-order valence-electron chi connectivity index (χ3n) is 3.98. The molecule has 5 heteroatoms. The van der Waals surface area contributed by atoms with Gasteiger partial charge in [0.1, 0.15) is 5.75 Å². The highest BCUT2D eigenvalue weighted by Crippen LogP contribution is 2.25. The van der Waals surface area contributed by atoms with Crippen LogP contribution in [0.4, 0.5) is 11.4 Å². The van der Waals surface area contributed by atoms with Crippen molar-refractivity contribution in [2.75, 3.05) is 5.01 Å². The summed E-state index contributed by atoms with van der Waals surface area (Å²) in [5, 5.41) is 2.36. The van der Waals surface area contributed by atoms with E-state index in [0.29, 0.717) is 10.8 Å². The minimum Gasteiger partial charge on any atom is -0.478 e. The Morgan fingerprint density at radius 2 is 1.33 bits per heavy atom. The van der Waals surface area contributed by atoms with Crippen LogP contribution in [-0.4, -0.2) is 11.5 Å². The van der Waals surface area contributed by atoms with E-state index in [2.05, 4.69) is 5.43 Å². The standard InChI is InChI=1S/C22H21ClN2O2/c1-22(2,27-20-15-13-17(23)14-16-20)21(26)24-25(18-9-5-3-6-10-18)19-11-7-4-8-12-19/h3-16H,1-2H3,(H,24,26). The Bertz CT molecular complexity index is 842. The summed E-state index contributed by atoms with van der Waals surface area (Å²) < 4.78 is 5.89. The Balaban J connectivity index is 1.82. The second-order valence-electron chi connectivity index (χ2n) is 6.51. The lowest BCUT2D eigenvalue weighted by Crippen LogP contribution is -2.52. The Kier molecular flexibility index (Phi) is 5.67. The Hall–Kier alpha value is -2.98. The second-order valence-corrected chi connectivity index (χ2v) is 6.95. The van der Waals surface area contributed by atoms with Gasteiger partial charge in [0, 0.05) is 5.02 Å². The SMILES string of the molecule is CC(C)(Oc1ccc(Cl)cc1)C(=O)NN(c1ccccc1)c1ccccc1. The molecule has 0 aliphatic rings. The molecular weight excluding hydrogens is 360 g/mol. The van der Waals surface area contributed by atoms with E-state index >= 15 is 0 Å². The highest BCUT2D eigenvalue weighted by Gasteiger charge is 2.32. The molecule has 0 spiro atoms. The molecule has 0 saturated heterocycles. The van der Waals surface area contributed by atoms with Crippen LogP contribution in [0.25, 0.3) is 0 Å². The molecule has 3 rings (SSSR count). The van der Waals surface area contributed by atoms with Gasteiger partial charge in [-0.15, -0.1) is 0 Å². The summed E-state index contributed by atoms with van der Waals surface area (Å²) in [5.74, 6) is 0.302. The maximum absolute atomic E-state index is 13.0. The molecule has 0 saturated carbocycles. The van der Waals surface area contributed by atoms with Crippen LogP contribution in [0.3, 0.4) is 0 Å². The largest absolute Gasteiger partial charge is 0.478 e. The molecule has 0 aromatic heterocycles. The number of halogens is 1. The molecule has 3 aromatic rings. The molecule has 0 atom stereocenters. The molecule has 0 aliphatic carbocycles. The monoisotopic (exact) mass is 380 g/mol. The number of benzene rings is 3. The van der Waals surface area contributed by atoms with Gasteiger partial charge >= 0.3 is 0 Å². The average Bonchev–Trinajstić information content (AvgIpc) is 2.69. The van der Waals surface area contributed by atoms with E-state index in [1.807, 2.05) is 60.7 Å². The normalized spacial score (nSPS) is 10.9. The van der Waals surface area contributed by atoms with Gasteiger partial charge in [0.05, 0.1) is 11.4 Å². The van der Waals surface area contributed by atoms with E-state index in [-0.39, 0.29) is 5.91 Å². The molecule has 0 aliphatic heterocycles. The molecule has 0 bridgehead atoms. The molecule has 4 nitrogen and oxygen atoms in total. The van der Waals surface area contributed by atoms with Gasteiger partial charge in [0.2, 0.25) is 0 Å². The van der Waals surface area contributed by atoms with Gasteiger partial charge in [0.25, 0.3) is 5.91 Å². The summed E-state index contributed by atoms with van der Waals surface area (Å²) in [6, 6.07) is 26.2. The Labute approximate surface area is 164 Å². The number of amides is 1. The predicted octanol–water partition coefficient (Wildman–Crippen LogP) is 5.37. The first-order chi connectivity index (χ1) is 13.0. The molecule has 27 heavy (non-hydrogen) atoms. The van der Waals surface area contributed by atoms with Crippen molar-refractivity contribution in [2.24, 2.45) is 0 Å². The van der Waals surface area contributed by atoms with Crippen LogP contribution in [0.15, 0.2) is 84.9 Å². The maximum Gasteiger partial charge on any atom is 0.282 e. The first-order valence-electron chi connectivity index (χ1n) is 8.61. The third-order valence-corrected chi connectivity index (χ3v) is 4.23. The van der Waals surface area contributed by atoms with Crippen LogP contribution >= 0.6 is 11.6 Å². The third kappa shape index (κ3) is 4.80. The lowest BCUT2D eigenvalue weighted by Gasteiger charge is -2.31. The van der Waals surface area contributed by atoms with Crippen molar-refractivity contribution >= 4 is 28.9 Å². The maximum atomic E-state index is 13.0. The lowest BCUT2D eigenvalue weighted by molar-refractivity contribution is -0.134. The molecule has 1 amide bonds. The van der Waals surface area contributed by atoms with E-state index in [0.717, 1.165) is 11.4 Å². The highest BCUT2D eigenvalue weighted by atomic mass is 35.5. The van der Waals surface area contributed by atoms with E-state index < -0.39 is 5.60 Å². The van der Waals surface area contributed by atoms with Crippen molar-refractivity contribution in [3.8, 4) is 5.75 Å². The van der Waals surface area contributed by atoms with Crippen LogP contribution in [0, 0.1) is 0 Å². The quantitative estimate of drug-likeness (QED) is 0.585. The molecule has 1 N–H and O–H groups in total. The van der Waals surface area contributed by atoms with Gasteiger partial charge in [-0.3, -0.25) is 15.2 Å². The molecule has 138 valence electrons. The van der Waals surface area contributed by atoms with Crippen LogP contribution in [-0.2, 0) is 4.79 Å². The van der Waals surface area contributed by atoms with E-state index in [1.165, 1.54) is 0 Å². The molecule has 0 radical (unpaired) electrons.